The SMILES string of the molecule is CCc1ccc(S(=O)(=O)c2nc(-c3cccc([N+](=O)[O-])c3)oc2N2CCOCC2)cc1. The third kappa shape index (κ3) is 4.17. The molecule has 162 valence electrons. The van der Waals surface area contributed by atoms with Gasteiger partial charge in [-0.05, 0) is 30.2 Å². The number of oxazole rings is 1. The van der Waals surface area contributed by atoms with Crippen LogP contribution in [0, 0.1) is 10.1 Å². The third-order valence-corrected chi connectivity index (χ3v) is 6.75. The van der Waals surface area contributed by atoms with E-state index in [-0.39, 0.29) is 27.4 Å². The van der Waals surface area contributed by atoms with Gasteiger partial charge in [0.15, 0.2) is 0 Å². The summed E-state index contributed by atoms with van der Waals surface area (Å²) in [4.78, 5) is 16.8. The summed E-state index contributed by atoms with van der Waals surface area (Å²) < 4.78 is 38.1. The Labute approximate surface area is 179 Å². The molecule has 2 aromatic carbocycles. The Hall–Kier alpha value is -3.24. The Kier molecular flexibility index (Phi) is 5.75. The number of aryl methyl sites for hydroxylation is 1. The van der Waals surface area contributed by atoms with Gasteiger partial charge in [-0.25, -0.2) is 8.42 Å². The number of anilines is 1. The van der Waals surface area contributed by atoms with Gasteiger partial charge >= 0.3 is 0 Å². The second-order valence-corrected chi connectivity index (χ2v) is 8.90. The number of non-ortho nitro benzene ring substituents is 1. The number of ether oxygens (including phenoxy) is 1. The minimum Gasteiger partial charge on any atom is -0.419 e. The van der Waals surface area contributed by atoms with E-state index in [1.807, 2.05) is 6.92 Å². The molecule has 0 unspecified atom stereocenters. The minimum absolute atomic E-state index is 0.00828. The molecule has 2 heterocycles. The Morgan fingerprint density at radius 2 is 1.84 bits per heavy atom. The van der Waals surface area contributed by atoms with E-state index in [1.54, 1.807) is 35.2 Å². The van der Waals surface area contributed by atoms with E-state index >= 15 is 0 Å². The predicted octanol–water partition coefficient (Wildman–Crippen LogP) is 3.48. The summed E-state index contributed by atoms with van der Waals surface area (Å²) in [5.41, 5.74) is 1.21. The normalized spacial score (nSPS) is 14.5. The molecule has 1 aliphatic rings. The molecule has 10 heteroatoms. The average molecular weight is 443 g/mol. The zero-order valence-corrected chi connectivity index (χ0v) is 17.7. The summed E-state index contributed by atoms with van der Waals surface area (Å²) in [7, 11) is -3.98. The number of hydrogen-bond acceptors (Lipinski definition) is 8. The van der Waals surface area contributed by atoms with Crippen molar-refractivity contribution in [1.29, 1.82) is 0 Å². The number of benzene rings is 2. The highest BCUT2D eigenvalue weighted by molar-refractivity contribution is 7.91. The maximum Gasteiger partial charge on any atom is 0.270 e. The van der Waals surface area contributed by atoms with Crippen LogP contribution in [0.1, 0.15) is 12.5 Å². The van der Waals surface area contributed by atoms with Crippen LogP contribution >= 0.6 is 0 Å². The quantitative estimate of drug-likeness (QED) is 0.420. The molecule has 1 aliphatic heterocycles. The van der Waals surface area contributed by atoms with Gasteiger partial charge in [-0.15, -0.1) is 0 Å². The van der Waals surface area contributed by atoms with E-state index in [1.165, 1.54) is 18.2 Å². The van der Waals surface area contributed by atoms with Crippen molar-refractivity contribution < 1.29 is 22.5 Å². The second-order valence-electron chi connectivity index (χ2n) is 7.04. The summed E-state index contributed by atoms with van der Waals surface area (Å²) in [5.74, 6) is 0.123. The van der Waals surface area contributed by atoms with Crippen molar-refractivity contribution in [3.8, 4) is 11.5 Å². The summed E-state index contributed by atoms with van der Waals surface area (Å²) >= 11 is 0. The lowest BCUT2D eigenvalue weighted by atomic mass is 10.2. The topological polar surface area (TPSA) is 116 Å². The number of sulfone groups is 1. The Bertz CT molecular complexity index is 1200. The monoisotopic (exact) mass is 443 g/mol. The third-order valence-electron chi connectivity index (χ3n) is 5.08. The van der Waals surface area contributed by atoms with Crippen LogP contribution in [0.3, 0.4) is 0 Å². The molecule has 9 nitrogen and oxygen atoms in total. The zero-order valence-electron chi connectivity index (χ0n) is 16.9. The van der Waals surface area contributed by atoms with Crippen LogP contribution < -0.4 is 4.90 Å². The van der Waals surface area contributed by atoms with Gasteiger partial charge in [0.05, 0.1) is 23.0 Å². The van der Waals surface area contributed by atoms with Crippen LogP contribution in [-0.4, -0.2) is 44.6 Å². The fraction of sp³-hybridized carbons (Fsp3) is 0.286. The molecule has 0 atom stereocenters. The van der Waals surface area contributed by atoms with Gasteiger partial charge in [0.2, 0.25) is 26.6 Å². The van der Waals surface area contributed by atoms with Crippen LogP contribution in [0.2, 0.25) is 0 Å². The van der Waals surface area contributed by atoms with Gasteiger partial charge in [-0.3, -0.25) is 10.1 Å². The Morgan fingerprint density at radius 3 is 2.48 bits per heavy atom. The first-order valence-electron chi connectivity index (χ1n) is 9.82. The highest BCUT2D eigenvalue weighted by Gasteiger charge is 2.32. The van der Waals surface area contributed by atoms with Crippen molar-refractivity contribution >= 4 is 21.4 Å². The molecule has 1 saturated heterocycles. The maximum atomic E-state index is 13.4. The van der Waals surface area contributed by atoms with E-state index in [2.05, 4.69) is 4.98 Å². The van der Waals surface area contributed by atoms with Gasteiger partial charge in [0.1, 0.15) is 0 Å². The molecule has 1 fully saturated rings. The molecule has 0 amide bonds. The number of morpholine rings is 1. The van der Waals surface area contributed by atoms with Crippen molar-refractivity contribution in [2.45, 2.75) is 23.3 Å². The lowest BCUT2D eigenvalue weighted by Gasteiger charge is -2.26. The minimum atomic E-state index is -3.98. The smallest absolute Gasteiger partial charge is 0.270 e. The highest BCUT2D eigenvalue weighted by Crippen LogP contribution is 2.35. The van der Waals surface area contributed by atoms with Crippen LogP contribution in [0.25, 0.3) is 11.5 Å². The summed E-state index contributed by atoms with van der Waals surface area (Å²) in [6, 6.07) is 12.4. The first-order valence-corrected chi connectivity index (χ1v) is 11.3. The van der Waals surface area contributed by atoms with Crippen LogP contribution in [-0.2, 0) is 21.0 Å². The molecule has 31 heavy (non-hydrogen) atoms. The van der Waals surface area contributed by atoms with E-state index in [9.17, 15) is 18.5 Å². The molecular formula is C21H21N3O6S. The summed E-state index contributed by atoms with van der Waals surface area (Å²) in [5, 5.41) is 10.9. The van der Waals surface area contributed by atoms with E-state index in [0.717, 1.165) is 12.0 Å². The van der Waals surface area contributed by atoms with Crippen molar-refractivity contribution in [2.75, 3.05) is 31.2 Å². The molecule has 3 aromatic rings. The number of aromatic nitrogens is 1. The fourth-order valence-electron chi connectivity index (χ4n) is 3.33. The molecule has 0 N–H and O–H groups in total. The van der Waals surface area contributed by atoms with Crippen molar-refractivity contribution in [1.82, 2.24) is 4.98 Å². The lowest BCUT2D eigenvalue weighted by molar-refractivity contribution is -0.384. The largest absolute Gasteiger partial charge is 0.419 e. The fourth-order valence-corrected chi connectivity index (χ4v) is 4.65. The number of rotatable bonds is 6. The van der Waals surface area contributed by atoms with Crippen LogP contribution in [0.15, 0.2) is 62.9 Å². The summed E-state index contributed by atoms with van der Waals surface area (Å²) in [6.07, 6.45) is 0.792. The van der Waals surface area contributed by atoms with Gasteiger partial charge < -0.3 is 14.1 Å². The number of nitro benzene ring substituents is 1. The van der Waals surface area contributed by atoms with Crippen LogP contribution in [0.5, 0.6) is 0 Å². The first-order chi connectivity index (χ1) is 14.9. The van der Waals surface area contributed by atoms with Crippen LogP contribution in [0.4, 0.5) is 11.6 Å². The highest BCUT2D eigenvalue weighted by atomic mass is 32.2. The van der Waals surface area contributed by atoms with Gasteiger partial charge in [0.25, 0.3) is 5.69 Å². The lowest BCUT2D eigenvalue weighted by Crippen LogP contribution is -2.36. The molecule has 1 aromatic heterocycles. The summed E-state index contributed by atoms with van der Waals surface area (Å²) in [6.45, 7) is 3.74. The number of nitrogens with zero attached hydrogens (tertiary/aromatic N) is 3. The molecule has 0 radical (unpaired) electrons. The van der Waals surface area contributed by atoms with Gasteiger partial charge in [-0.2, -0.15) is 4.98 Å². The average Bonchev–Trinajstić information content (AvgIpc) is 3.26. The van der Waals surface area contributed by atoms with E-state index in [0.29, 0.717) is 31.9 Å². The molecule has 0 aliphatic carbocycles. The maximum absolute atomic E-state index is 13.4. The van der Waals surface area contributed by atoms with Gasteiger partial charge in [-0.1, -0.05) is 25.1 Å². The predicted molar refractivity (Wildman–Crippen MR) is 113 cm³/mol. The Morgan fingerprint density at radius 1 is 1.13 bits per heavy atom. The van der Waals surface area contributed by atoms with Gasteiger partial charge in [0, 0.05) is 30.8 Å². The molecular weight excluding hydrogens is 422 g/mol. The molecule has 0 bridgehead atoms. The van der Waals surface area contributed by atoms with E-state index < -0.39 is 14.8 Å². The van der Waals surface area contributed by atoms with Crippen molar-refractivity contribution in [3.63, 3.8) is 0 Å². The number of nitro groups is 1. The molecule has 4 rings (SSSR count). The second kappa shape index (κ2) is 8.48. The zero-order chi connectivity index (χ0) is 22.0. The standard InChI is InChI=1S/C21H21N3O6S/c1-2-15-6-8-18(9-7-15)31(27,28)20-21(23-10-12-29-13-11-23)30-19(22-20)16-4-3-5-17(14-16)24(25)26/h3-9,14H,2,10-13H2,1H3. The van der Waals surface area contributed by atoms with Crippen molar-refractivity contribution in [3.05, 3.63) is 64.2 Å². The molecule has 0 saturated carbocycles. The van der Waals surface area contributed by atoms with Crippen molar-refractivity contribution in [2.24, 2.45) is 0 Å². The Balaban J connectivity index is 1.83. The first kappa shape index (κ1) is 21.0. The number of hydrogen-bond donors (Lipinski definition) is 0. The van der Waals surface area contributed by atoms with E-state index in [4.69, 9.17) is 9.15 Å². The molecule has 0 spiro atoms.